The van der Waals surface area contributed by atoms with Gasteiger partial charge in [0.2, 0.25) is 5.95 Å². The van der Waals surface area contributed by atoms with Crippen molar-refractivity contribution in [2.24, 2.45) is 0 Å². The summed E-state index contributed by atoms with van der Waals surface area (Å²) in [5.74, 6) is 1.87. The third-order valence-electron chi connectivity index (χ3n) is 11.4. The van der Waals surface area contributed by atoms with Crippen LogP contribution >= 0.6 is 0 Å². The average molecular weight is 744 g/mol. The third-order valence-corrected chi connectivity index (χ3v) is 11.4. The number of hydrogen-bond donors (Lipinski definition) is 0. The summed E-state index contributed by atoms with van der Waals surface area (Å²) in [6.07, 6.45) is 0. The lowest BCUT2D eigenvalue weighted by Crippen LogP contribution is -2.25. The summed E-state index contributed by atoms with van der Waals surface area (Å²) in [6, 6.07) is 75.2. The number of hydrogen-bond acceptors (Lipinski definition) is 5. The molecule has 274 valence electrons. The highest BCUT2D eigenvalue weighted by atomic mass is 15.3. The molecule has 2 atom stereocenters. The zero-order valence-electron chi connectivity index (χ0n) is 31.6. The first-order valence-electron chi connectivity index (χ1n) is 19.8. The lowest BCUT2D eigenvalue weighted by molar-refractivity contribution is 0.653. The molecule has 1 aromatic heterocycles. The van der Waals surface area contributed by atoms with Gasteiger partial charge in [-0.1, -0.05) is 176 Å². The molecule has 0 saturated carbocycles. The standard InChI is InChI=1S/C53H37N5/c1-5-19-36(20-6-1)40-33-41(37-21-7-2-8-22-37)35-42(34-40)57-46-30-16-13-27-43(46)49-44-28-14-17-31-47(44)58(50(49)45-29-15-18-32-48(45)57)53-55-51(38-23-9-3-10-24-38)54-52(56-53)39-25-11-4-12-26-39/h1-35,49-50H. The van der Waals surface area contributed by atoms with Crippen LogP contribution in [-0.2, 0) is 0 Å². The fourth-order valence-electron chi connectivity index (χ4n) is 8.87. The molecule has 9 aromatic rings. The van der Waals surface area contributed by atoms with Gasteiger partial charge in [-0.2, -0.15) is 9.97 Å². The van der Waals surface area contributed by atoms with Crippen molar-refractivity contribution < 1.29 is 0 Å². The molecule has 0 bridgehead atoms. The molecule has 3 heterocycles. The van der Waals surface area contributed by atoms with Gasteiger partial charge in [0.15, 0.2) is 11.6 Å². The van der Waals surface area contributed by atoms with Crippen molar-refractivity contribution in [3.63, 3.8) is 0 Å². The van der Waals surface area contributed by atoms with Crippen molar-refractivity contribution in [1.29, 1.82) is 0 Å². The van der Waals surface area contributed by atoms with Gasteiger partial charge in [-0.25, -0.2) is 4.98 Å². The number of nitrogens with zero attached hydrogens (tertiary/aromatic N) is 5. The van der Waals surface area contributed by atoms with E-state index < -0.39 is 0 Å². The molecule has 0 aliphatic carbocycles. The van der Waals surface area contributed by atoms with Crippen LogP contribution in [0.1, 0.15) is 28.7 Å². The molecule has 0 N–H and O–H groups in total. The molecule has 5 nitrogen and oxygen atoms in total. The predicted molar refractivity (Wildman–Crippen MR) is 236 cm³/mol. The lowest BCUT2D eigenvalue weighted by atomic mass is 9.84. The SMILES string of the molecule is c1ccc(-c2cc(-c3ccccc3)cc(N3c4ccccc4C4c5ccccc5N(c5nc(-c6ccccc6)nc(-c6ccccc6)n5)C4c4ccccc43)c2)cc1. The quantitative estimate of drug-likeness (QED) is 0.170. The molecular formula is C53H37N5. The third kappa shape index (κ3) is 5.75. The Balaban J connectivity index is 1.17. The fraction of sp³-hybridized carbons (Fsp3) is 0.0377. The first-order chi connectivity index (χ1) is 28.8. The van der Waals surface area contributed by atoms with Crippen LogP contribution in [0.3, 0.4) is 0 Å². The van der Waals surface area contributed by atoms with Crippen LogP contribution in [0, 0.1) is 0 Å². The second kappa shape index (κ2) is 14.1. The minimum atomic E-state index is -0.166. The van der Waals surface area contributed by atoms with Gasteiger partial charge in [-0.05, 0) is 69.8 Å². The van der Waals surface area contributed by atoms with Crippen molar-refractivity contribution in [3.05, 3.63) is 229 Å². The summed E-state index contributed by atoms with van der Waals surface area (Å²) in [7, 11) is 0. The summed E-state index contributed by atoms with van der Waals surface area (Å²) < 4.78 is 0. The predicted octanol–water partition coefficient (Wildman–Crippen LogP) is 13.3. The van der Waals surface area contributed by atoms with E-state index in [1.807, 2.05) is 36.4 Å². The fourth-order valence-corrected chi connectivity index (χ4v) is 8.87. The van der Waals surface area contributed by atoms with Crippen LogP contribution < -0.4 is 9.80 Å². The Hall–Kier alpha value is -7.63. The minimum Gasteiger partial charge on any atom is -0.310 e. The highest BCUT2D eigenvalue weighted by Gasteiger charge is 2.47. The average Bonchev–Trinajstić information content (AvgIpc) is 3.59. The first kappa shape index (κ1) is 33.7. The number of aromatic nitrogens is 3. The van der Waals surface area contributed by atoms with Crippen molar-refractivity contribution in [3.8, 4) is 45.0 Å². The summed E-state index contributed by atoms with van der Waals surface area (Å²) in [5, 5.41) is 0. The van der Waals surface area contributed by atoms with E-state index in [2.05, 4.69) is 186 Å². The Bertz CT molecular complexity index is 2800. The second-order valence-corrected chi connectivity index (χ2v) is 14.8. The molecule has 11 rings (SSSR count). The Morgan fingerprint density at radius 3 is 1.24 bits per heavy atom. The maximum Gasteiger partial charge on any atom is 0.234 e. The number of para-hydroxylation sites is 3. The van der Waals surface area contributed by atoms with E-state index in [-0.39, 0.29) is 12.0 Å². The van der Waals surface area contributed by atoms with Gasteiger partial charge in [0.05, 0.1) is 17.4 Å². The zero-order chi connectivity index (χ0) is 38.4. The summed E-state index contributed by atoms with van der Waals surface area (Å²) in [5.41, 5.74) is 14.7. The van der Waals surface area contributed by atoms with Gasteiger partial charge in [0.25, 0.3) is 0 Å². The smallest absolute Gasteiger partial charge is 0.234 e. The van der Waals surface area contributed by atoms with Gasteiger partial charge in [0, 0.05) is 34.0 Å². The zero-order valence-corrected chi connectivity index (χ0v) is 31.6. The van der Waals surface area contributed by atoms with Gasteiger partial charge in [-0.15, -0.1) is 0 Å². The molecule has 0 spiro atoms. The summed E-state index contributed by atoms with van der Waals surface area (Å²) in [6.45, 7) is 0. The van der Waals surface area contributed by atoms with E-state index in [1.54, 1.807) is 0 Å². The molecule has 0 fully saturated rings. The molecule has 5 heteroatoms. The van der Waals surface area contributed by atoms with Gasteiger partial charge in [0.1, 0.15) is 0 Å². The Morgan fingerprint density at radius 2 is 0.724 bits per heavy atom. The number of fused-ring (bicyclic) bond motifs is 7. The maximum absolute atomic E-state index is 5.32. The van der Waals surface area contributed by atoms with Crippen LogP contribution in [0.15, 0.2) is 212 Å². The molecule has 2 aliphatic rings. The van der Waals surface area contributed by atoms with Crippen LogP contribution in [0.25, 0.3) is 45.0 Å². The highest BCUT2D eigenvalue weighted by Crippen LogP contribution is 2.61. The second-order valence-electron chi connectivity index (χ2n) is 14.8. The molecular weight excluding hydrogens is 707 g/mol. The lowest BCUT2D eigenvalue weighted by Gasteiger charge is -2.31. The van der Waals surface area contributed by atoms with E-state index in [0.29, 0.717) is 17.6 Å². The summed E-state index contributed by atoms with van der Waals surface area (Å²) >= 11 is 0. The van der Waals surface area contributed by atoms with Gasteiger partial charge in [-0.3, -0.25) is 0 Å². The topological polar surface area (TPSA) is 45.2 Å². The largest absolute Gasteiger partial charge is 0.310 e. The number of rotatable bonds is 6. The maximum atomic E-state index is 5.32. The van der Waals surface area contributed by atoms with Crippen molar-refractivity contribution in [2.75, 3.05) is 9.80 Å². The molecule has 58 heavy (non-hydrogen) atoms. The van der Waals surface area contributed by atoms with E-state index >= 15 is 0 Å². The van der Waals surface area contributed by atoms with Gasteiger partial charge < -0.3 is 9.80 Å². The van der Waals surface area contributed by atoms with E-state index in [0.717, 1.165) is 45.0 Å². The number of anilines is 5. The Labute approximate surface area is 338 Å². The number of benzene rings is 8. The van der Waals surface area contributed by atoms with Crippen LogP contribution in [0.4, 0.5) is 28.7 Å². The van der Waals surface area contributed by atoms with Crippen LogP contribution in [-0.4, -0.2) is 15.0 Å². The molecule has 2 aliphatic heterocycles. The highest BCUT2D eigenvalue weighted by molar-refractivity contribution is 5.90. The van der Waals surface area contributed by atoms with Crippen molar-refractivity contribution in [1.82, 2.24) is 15.0 Å². The summed E-state index contributed by atoms with van der Waals surface area (Å²) in [4.78, 5) is 20.5. The molecule has 0 amide bonds. The molecule has 8 aromatic carbocycles. The van der Waals surface area contributed by atoms with Crippen LogP contribution in [0.5, 0.6) is 0 Å². The van der Waals surface area contributed by atoms with Crippen LogP contribution in [0.2, 0.25) is 0 Å². The molecule has 0 radical (unpaired) electrons. The Kier molecular flexibility index (Phi) is 8.21. The molecule has 2 unspecified atom stereocenters. The van der Waals surface area contributed by atoms with E-state index in [1.165, 1.54) is 27.8 Å². The van der Waals surface area contributed by atoms with Gasteiger partial charge >= 0.3 is 0 Å². The molecule has 0 saturated heterocycles. The van der Waals surface area contributed by atoms with Crippen molar-refractivity contribution in [2.45, 2.75) is 12.0 Å². The van der Waals surface area contributed by atoms with Crippen molar-refractivity contribution >= 4 is 28.7 Å². The minimum absolute atomic E-state index is 0.0263. The first-order valence-corrected chi connectivity index (χ1v) is 19.8. The van der Waals surface area contributed by atoms with E-state index in [9.17, 15) is 0 Å². The normalized spacial score (nSPS) is 15.2. The van der Waals surface area contributed by atoms with E-state index in [4.69, 9.17) is 15.0 Å². The monoisotopic (exact) mass is 743 g/mol. The Morgan fingerprint density at radius 1 is 0.328 bits per heavy atom.